The quantitative estimate of drug-likeness (QED) is 0.650. The van der Waals surface area contributed by atoms with Gasteiger partial charge >= 0.3 is 0 Å². The number of halogens is 1. The molecule has 86 valence electrons. The van der Waals surface area contributed by atoms with Gasteiger partial charge in [-0.2, -0.15) is 0 Å². The first-order valence-electron chi connectivity index (χ1n) is 4.37. The predicted molar refractivity (Wildman–Crippen MR) is 57.0 cm³/mol. The van der Waals surface area contributed by atoms with E-state index in [1.165, 1.54) is 18.2 Å². The average molecular weight is 244 g/mol. The normalized spacial score (nSPS) is 14.2. The van der Waals surface area contributed by atoms with Crippen LogP contribution in [0.25, 0.3) is 0 Å². The summed E-state index contributed by atoms with van der Waals surface area (Å²) in [5.41, 5.74) is 5.30. The molecule has 0 fully saturated rings. The number of amides is 1. The van der Waals surface area contributed by atoms with E-state index < -0.39 is 18.1 Å². The van der Waals surface area contributed by atoms with Crippen molar-refractivity contribution in [3.63, 3.8) is 0 Å². The second kappa shape index (κ2) is 5.07. The van der Waals surface area contributed by atoms with E-state index >= 15 is 0 Å². The van der Waals surface area contributed by atoms with Crippen molar-refractivity contribution in [2.24, 2.45) is 5.73 Å². The smallest absolute Gasteiger partial charge is 0.249 e. The van der Waals surface area contributed by atoms with Gasteiger partial charge in [0.05, 0.1) is 5.02 Å². The molecule has 1 aromatic carbocycles. The van der Waals surface area contributed by atoms with Gasteiger partial charge in [0, 0.05) is 5.56 Å². The number of nitrogens with two attached hydrogens (primary N) is 1. The topological polar surface area (TPSA) is 101 Å². The lowest BCUT2D eigenvalue weighted by molar-refractivity contribution is -0.131. The Balaban J connectivity index is 3.01. The third-order valence-corrected chi connectivity index (χ3v) is 2.41. The van der Waals surface area contributed by atoms with E-state index in [-0.39, 0.29) is 16.1 Å². The number of rotatable bonds is 4. The standard InChI is InChI=1S/C10H10ClNO4/c11-7-3-5(1-2-6(7)4-13)8(14)9(15)10(12)16/h1-4,8-9,14-15H,(H2,12,16). The fourth-order valence-corrected chi connectivity index (χ4v) is 1.39. The summed E-state index contributed by atoms with van der Waals surface area (Å²) in [7, 11) is 0. The third kappa shape index (κ3) is 2.57. The van der Waals surface area contributed by atoms with Crippen LogP contribution in [0.1, 0.15) is 22.0 Å². The number of aliphatic hydroxyl groups excluding tert-OH is 2. The summed E-state index contributed by atoms with van der Waals surface area (Å²) >= 11 is 5.72. The fourth-order valence-electron chi connectivity index (χ4n) is 1.16. The van der Waals surface area contributed by atoms with Crippen molar-refractivity contribution in [1.29, 1.82) is 0 Å². The summed E-state index contributed by atoms with van der Waals surface area (Å²) in [5.74, 6) is -1.04. The first-order valence-corrected chi connectivity index (χ1v) is 4.75. The van der Waals surface area contributed by atoms with Gasteiger partial charge in [0.1, 0.15) is 6.10 Å². The van der Waals surface area contributed by atoms with Crippen molar-refractivity contribution < 1.29 is 19.8 Å². The Kier molecular flexibility index (Phi) is 4.00. The molecule has 2 atom stereocenters. The molecule has 0 radical (unpaired) electrons. The Bertz CT molecular complexity index is 421. The summed E-state index contributed by atoms with van der Waals surface area (Å²) in [6.07, 6.45) is -2.61. The van der Waals surface area contributed by atoms with E-state index in [0.717, 1.165) is 0 Å². The molecule has 5 nitrogen and oxygen atoms in total. The van der Waals surface area contributed by atoms with Gasteiger partial charge in [0.25, 0.3) is 0 Å². The zero-order valence-electron chi connectivity index (χ0n) is 8.13. The Morgan fingerprint density at radius 2 is 2.06 bits per heavy atom. The summed E-state index contributed by atoms with van der Waals surface area (Å²) in [6, 6.07) is 4.05. The van der Waals surface area contributed by atoms with Crippen LogP contribution in [0.15, 0.2) is 18.2 Å². The van der Waals surface area contributed by atoms with Crippen LogP contribution < -0.4 is 5.73 Å². The lowest BCUT2D eigenvalue weighted by Gasteiger charge is -2.15. The van der Waals surface area contributed by atoms with Crippen molar-refractivity contribution >= 4 is 23.8 Å². The summed E-state index contributed by atoms with van der Waals surface area (Å²) in [6.45, 7) is 0. The number of carbonyl (C=O) groups is 2. The van der Waals surface area contributed by atoms with Crippen LogP contribution in [0.4, 0.5) is 0 Å². The zero-order chi connectivity index (χ0) is 12.3. The number of primary amides is 1. The van der Waals surface area contributed by atoms with Gasteiger partial charge in [-0.15, -0.1) is 0 Å². The molecule has 0 spiro atoms. The second-order valence-electron chi connectivity index (χ2n) is 3.19. The summed E-state index contributed by atoms with van der Waals surface area (Å²) in [4.78, 5) is 21.1. The van der Waals surface area contributed by atoms with E-state index in [9.17, 15) is 19.8 Å². The van der Waals surface area contributed by atoms with Crippen molar-refractivity contribution in [3.05, 3.63) is 34.3 Å². The molecular weight excluding hydrogens is 234 g/mol. The van der Waals surface area contributed by atoms with E-state index in [1.54, 1.807) is 0 Å². The largest absolute Gasteiger partial charge is 0.385 e. The van der Waals surface area contributed by atoms with Crippen LogP contribution >= 0.6 is 11.6 Å². The predicted octanol–water partition coefficient (Wildman–Crippen LogP) is 0.0321. The lowest BCUT2D eigenvalue weighted by Crippen LogP contribution is -2.33. The fraction of sp³-hybridized carbons (Fsp3) is 0.200. The highest BCUT2D eigenvalue weighted by molar-refractivity contribution is 6.33. The maximum absolute atomic E-state index is 10.6. The molecule has 0 bridgehead atoms. The van der Waals surface area contributed by atoms with Gasteiger partial charge < -0.3 is 15.9 Å². The molecule has 4 N–H and O–H groups in total. The van der Waals surface area contributed by atoms with Crippen LogP contribution in [-0.2, 0) is 4.79 Å². The number of aliphatic hydroxyl groups is 2. The number of benzene rings is 1. The maximum atomic E-state index is 10.6. The van der Waals surface area contributed by atoms with Gasteiger partial charge in [-0.1, -0.05) is 17.7 Å². The molecule has 6 heteroatoms. The minimum Gasteiger partial charge on any atom is -0.385 e. The number of aldehydes is 1. The molecule has 1 rings (SSSR count). The van der Waals surface area contributed by atoms with Gasteiger partial charge in [0.2, 0.25) is 5.91 Å². The van der Waals surface area contributed by atoms with Gasteiger partial charge in [-0.25, -0.2) is 0 Å². The number of carbonyl (C=O) groups excluding carboxylic acids is 2. The Morgan fingerprint density at radius 1 is 1.44 bits per heavy atom. The molecule has 2 unspecified atom stereocenters. The summed E-state index contributed by atoms with van der Waals surface area (Å²) < 4.78 is 0. The SMILES string of the molecule is NC(=O)C(O)C(O)c1ccc(C=O)c(Cl)c1. The molecule has 0 saturated heterocycles. The van der Waals surface area contributed by atoms with Crippen molar-refractivity contribution in [1.82, 2.24) is 0 Å². The molecule has 0 heterocycles. The molecular formula is C10H10ClNO4. The molecule has 0 saturated carbocycles. The number of hydrogen-bond acceptors (Lipinski definition) is 4. The van der Waals surface area contributed by atoms with Crippen molar-refractivity contribution in [3.8, 4) is 0 Å². The minimum absolute atomic E-state index is 0.128. The molecule has 1 amide bonds. The van der Waals surface area contributed by atoms with Crippen LogP contribution in [0.5, 0.6) is 0 Å². The third-order valence-electron chi connectivity index (χ3n) is 2.08. The molecule has 16 heavy (non-hydrogen) atoms. The highest BCUT2D eigenvalue weighted by atomic mass is 35.5. The minimum atomic E-state index is -1.71. The van der Waals surface area contributed by atoms with Gasteiger partial charge in [-0.05, 0) is 17.7 Å². The lowest BCUT2D eigenvalue weighted by atomic mass is 10.0. The monoisotopic (exact) mass is 243 g/mol. The first kappa shape index (κ1) is 12.6. The Labute approximate surface area is 96.4 Å². The van der Waals surface area contributed by atoms with E-state index in [2.05, 4.69) is 0 Å². The maximum Gasteiger partial charge on any atom is 0.249 e. The van der Waals surface area contributed by atoms with Gasteiger partial charge in [-0.3, -0.25) is 9.59 Å². The van der Waals surface area contributed by atoms with E-state index in [0.29, 0.717) is 6.29 Å². The van der Waals surface area contributed by atoms with Gasteiger partial charge in [0.15, 0.2) is 12.4 Å². The number of hydrogen-bond donors (Lipinski definition) is 3. The van der Waals surface area contributed by atoms with Crippen LogP contribution in [-0.4, -0.2) is 28.5 Å². The molecule has 0 aliphatic heterocycles. The van der Waals surface area contributed by atoms with Crippen LogP contribution in [0.2, 0.25) is 5.02 Å². The van der Waals surface area contributed by atoms with Crippen molar-refractivity contribution in [2.75, 3.05) is 0 Å². The van der Waals surface area contributed by atoms with E-state index in [1.807, 2.05) is 0 Å². The summed E-state index contributed by atoms with van der Waals surface area (Å²) in [5, 5.41) is 18.9. The molecule has 0 aliphatic rings. The molecule has 1 aromatic rings. The molecule has 0 aliphatic carbocycles. The Morgan fingerprint density at radius 3 is 2.50 bits per heavy atom. The van der Waals surface area contributed by atoms with Crippen molar-refractivity contribution in [2.45, 2.75) is 12.2 Å². The molecule has 0 aromatic heterocycles. The van der Waals surface area contributed by atoms with Crippen LogP contribution in [0.3, 0.4) is 0 Å². The van der Waals surface area contributed by atoms with Crippen LogP contribution in [0, 0.1) is 0 Å². The Hall–Kier alpha value is -1.43. The highest BCUT2D eigenvalue weighted by Gasteiger charge is 2.23. The zero-order valence-corrected chi connectivity index (χ0v) is 8.89. The van der Waals surface area contributed by atoms with E-state index in [4.69, 9.17) is 17.3 Å². The first-order chi connectivity index (χ1) is 7.47. The average Bonchev–Trinajstić information content (AvgIpc) is 2.26. The second-order valence-corrected chi connectivity index (χ2v) is 3.60. The highest BCUT2D eigenvalue weighted by Crippen LogP contribution is 2.22.